The average Bonchev–Trinajstić information content (AvgIpc) is 2.77. The Bertz CT molecular complexity index is 763. The Morgan fingerprint density at radius 1 is 0.781 bits per heavy atom. The van der Waals surface area contributed by atoms with Crippen molar-refractivity contribution in [2.45, 2.75) is 73.6 Å². The first-order valence-corrected chi connectivity index (χ1v) is 11.0. The molecule has 0 bridgehead atoms. The summed E-state index contributed by atoms with van der Waals surface area (Å²) in [6, 6.07) is 4.29. The number of primary amides is 1. The number of hydrogen-bond donors (Lipinski definition) is 4. The van der Waals surface area contributed by atoms with E-state index in [0.29, 0.717) is 25.1 Å². The van der Waals surface area contributed by atoms with E-state index in [9.17, 15) is 24.0 Å². The van der Waals surface area contributed by atoms with Crippen LogP contribution in [0.5, 0.6) is 0 Å². The Kier molecular flexibility index (Phi) is 17.9. The number of nitrogens with two attached hydrogens (primary N) is 1. The molecule has 4 amide bonds. The largest absolute Gasteiger partial charge is 0.366 e. The summed E-state index contributed by atoms with van der Waals surface area (Å²) < 4.78 is 0. The van der Waals surface area contributed by atoms with Crippen LogP contribution in [0, 0.1) is 0 Å². The number of Topliss-reactive ketones (excluding diaryl/α,β-unsaturated/α-hetero) is 1. The van der Waals surface area contributed by atoms with E-state index in [-0.39, 0.29) is 54.0 Å². The summed E-state index contributed by atoms with van der Waals surface area (Å²) in [4.78, 5) is 57.6. The van der Waals surface area contributed by atoms with Gasteiger partial charge >= 0.3 is 0 Å². The number of nitrogens with one attached hydrogen (secondary N) is 3. The van der Waals surface area contributed by atoms with Crippen LogP contribution >= 0.6 is 0 Å². The van der Waals surface area contributed by atoms with Gasteiger partial charge in [-0.05, 0) is 31.5 Å². The van der Waals surface area contributed by atoms with E-state index in [2.05, 4.69) is 16.0 Å². The Balaban J connectivity index is 0. The molecule has 1 rings (SSSR count). The SMILES string of the molecule is CC.CC.CCC(=O)NCCCC(=O)Nc1cc(NC(=O)CCC(C)=O)cc(C(N)=O)c1. The highest BCUT2D eigenvalue weighted by atomic mass is 16.2. The van der Waals surface area contributed by atoms with Crippen LogP contribution in [0.3, 0.4) is 0 Å². The van der Waals surface area contributed by atoms with Crippen molar-refractivity contribution in [1.82, 2.24) is 5.32 Å². The predicted octanol–water partition coefficient (Wildman–Crippen LogP) is 3.39. The summed E-state index contributed by atoms with van der Waals surface area (Å²) in [6.07, 6.45) is 1.14. The Morgan fingerprint density at radius 2 is 1.28 bits per heavy atom. The van der Waals surface area contributed by atoms with Crippen molar-refractivity contribution in [3.8, 4) is 0 Å². The Hall–Kier alpha value is -3.23. The molecule has 9 nitrogen and oxygen atoms in total. The second-order valence-electron chi connectivity index (χ2n) is 6.27. The van der Waals surface area contributed by atoms with Crippen molar-refractivity contribution in [2.75, 3.05) is 17.2 Å². The maximum atomic E-state index is 12.1. The third kappa shape index (κ3) is 14.7. The van der Waals surface area contributed by atoms with Gasteiger partial charge in [0.2, 0.25) is 23.6 Å². The maximum absolute atomic E-state index is 12.1. The van der Waals surface area contributed by atoms with E-state index >= 15 is 0 Å². The van der Waals surface area contributed by atoms with Gasteiger partial charge in [0.1, 0.15) is 5.78 Å². The van der Waals surface area contributed by atoms with Gasteiger partial charge in [0.25, 0.3) is 0 Å². The van der Waals surface area contributed by atoms with Gasteiger partial charge in [0, 0.05) is 49.2 Å². The number of rotatable bonds is 11. The third-order valence-electron chi connectivity index (χ3n) is 3.71. The summed E-state index contributed by atoms with van der Waals surface area (Å²) in [5.41, 5.74) is 6.02. The lowest BCUT2D eigenvalue weighted by Gasteiger charge is -2.11. The van der Waals surface area contributed by atoms with Crippen molar-refractivity contribution in [1.29, 1.82) is 0 Å². The molecule has 0 aromatic heterocycles. The normalized spacial score (nSPS) is 9.19. The zero-order valence-corrected chi connectivity index (χ0v) is 20.1. The fraction of sp³-hybridized carbons (Fsp3) is 0.522. The smallest absolute Gasteiger partial charge is 0.248 e. The summed E-state index contributed by atoms with van der Waals surface area (Å²) >= 11 is 0. The molecule has 0 spiro atoms. The monoisotopic (exact) mass is 450 g/mol. The van der Waals surface area contributed by atoms with Crippen molar-refractivity contribution in [3.63, 3.8) is 0 Å². The minimum Gasteiger partial charge on any atom is -0.366 e. The lowest BCUT2D eigenvalue weighted by Crippen LogP contribution is -2.24. The zero-order valence-electron chi connectivity index (χ0n) is 20.1. The zero-order chi connectivity index (χ0) is 25.1. The van der Waals surface area contributed by atoms with Crippen molar-refractivity contribution >= 4 is 40.8 Å². The van der Waals surface area contributed by atoms with E-state index in [1.165, 1.54) is 25.1 Å². The van der Waals surface area contributed by atoms with Gasteiger partial charge in [-0.1, -0.05) is 34.6 Å². The highest BCUT2D eigenvalue weighted by molar-refractivity contribution is 6.00. The first-order valence-electron chi connectivity index (χ1n) is 11.0. The van der Waals surface area contributed by atoms with Gasteiger partial charge < -0.3 is 26.5 Å². The van der Waals surface area contributed by atoms with Crippen LogP contribution in [0.1, 0.15) is 84.0 Å². The molecule has 0 saturated heterocycles. The van der Waals surface area contributed by atoms with Crippen molar-refractivity contribution < 1.29 is 24.0 Å². The minimum absolute atomic E-state index is 0.0152. The molecule has 32 heavy (non-hydrogen) atoms. The van der Waals surface area contributed by atoms with Crippen LogP contribution in [-0.4, -0.2) is 36.0 Å². The predicted molar refractivity (Wildman–Crippen MR) is 127 cm³/mol. The molecule has 5 N–H and O–H groups in total. The summed E-state index contributed by atoms with van der Waals surface area (Å²) in [5, 5.41) is 7.89. The molecule has 1 aromatic carbocycles. The molecule has 1 aromatic rings. The summed E-state index contributed by atoms with van der Waals surface area (Å²) in [6.45, 7) is 11.5. The first kappa shape index (κ1) is 31.0. The van der Waals surface area contributed by atoms with E-state index < -0.39 is 5.91 Å². The number of hydrogen-bond acceptors (Lipinski definition) is 5. The topological polar surface area (TPSA) is 147 Å². The van der Waals surface area contributed by atoms with E-state index in [0.717, 1.165) is 0 Å². The molecular weight excluding hydrogens is 412 g/mol. The standard InChI is InChI=1S/C19H26N4O5.2C2H6/c1-3-16(25)21-8-4-5-17(26)22-14-9-13(19(20)28)10-15(11-14)23-18(27)7-6-12(2)24;2*1-2/h9-11H,3-8H2,1-2H3,(H2,20,28)(H,21,25)(H,22,26)(H,23,27);2*1-2H3. The fourth-order valence-corrected chi connectivity index (χ4v) is 2.25. The molecule has 0 radical (unpaired) electrons. The van der Waals surface area contributed by atoms with Crippen LogP contribution in [0.15, 0.2) is 18.2 Å². The van der Waals surface area contributed by atoms with Crippen molar-refractivity contribution in [3.05, 3.63) is 23.8 Å². The van der Waals surface area contributed by atoms with E-state index in [1.807, 2.05) is 27.7 Å². The molecule has 0 aliphatic rings. The summed E-state index contributed by atoms with van der Waals surface area (Å²) in [7, 11) is 0. The average molecular weight is 451 g/mol. The number of amides is 4. The van der Waals surface area contributed by atoms with Crippen LogP contribution in [0.2, 0.25) is 0 Å². The lowest BCUT2D eigenvalue weighted by molar-refractivity contribution is -0.121. The quantitative estimate of drug-likeness (QED) is 0.381. The number of carbonyl (C=O) groups is 5. The van der Waals surface area contributed by atoms with Crippen LogP contribution in [-0.2, 0) is 19.2 Å². The van der Waals surface area contributed by atoms with E-state index in [1.54, 1.807) is 6.92 Å². The van der Waals surface area contributed by atoms with Gasteiger partial charge in [-0.2, -0.15) is 0 Å². The van der Waals surface area contributed by atoms with Crippen LogP contribution in [0.4, 0.5) is 11.4 Å². The van der Waals surface area contributed by atoms with Gasteiger partial charge in [0.15, 0.2) is 0 Å². The number of carbonyl (C=O) groups excluding carboxylic acids is 5. The second kappa shape index (κ2) is 18.5. The maximum Gasteiger partial charge on any atom is 0.248 e. The molecule has 180 valence electrons. The van der Waals surface area contributed by atoms with Crippen LogP contribution in [0.25, 0.3) is 0 Å². The molecule has 0 aliphatic carbocycles. The molecule has 0 fully saturated rings. The van der Waals surface area contributed by atoms with Crippen molar-refractivity contribution in [2.24, 2.45) is 5.73 Å². The fourth-order valence-electron chi connectivity index (χ4n) is 2.25. The molecular formula is C23H38N4O5. The highest BCUT2D eigenvalue weighted by Crippen LogP contribution is 2.20. The minimum atomic E-state index is -0.711. The highest BCUT2D eigenvalue weighted by Gasteiger charge is 2.11. The molecule has 0 heterocycles. The second-order valence-corrected chi connectivity index (χ2v) is 6.27. The molecule has 0 aliphatic heterocycles. The van der Waals surface area contributed by atoms with Gasteiger partial charge in [-0.3, -0.25) is 19.2 Å². The molecule has 0 saturated carbocycles. The Morgan fingerprint density at radius 3 is 1.72 bits per heavy atom. The molecule has 9 heteroatoms. The van der Waals surface area contributed by atoms with Gasteiger partial charge in [-0.25, -0.2) is 0 Å². The molecule has 0 unspecified atom stereocenters. The van der Waals surface area contributed by atoms with Gasteiger partial charge in [-0.15, -0.1) is 0 Å². The summed E-state index contributed by atoms with van der Waals surface area (Å²) in [5.74, 6) is -1.59. The number of ketones is 1. The number of benzene rings is 1. The first-order chi connectivity index (χ1) is 15.2. The van der Waals surface area contributed by atoms with Crippen LogP contribution < -0.4 is 21.7 Å². The molecule has 0 atom stereocenters. The van der Waals surface area contributed by atoms with Gasteiger partial charge in [0.05, 0.1) is 0 Å². The third-order valence-corrected chi connectivity index (χ3v) is 3.71. The number of anilines is 2. The Labute approximate surface area is 190 Å². The van der Waals surface area contributed by atoms with E-state index in [4.69, 9.17) is 5.73 Å². The lowest BCUT2D eigenvalue weighted by atomic mass is 10.1.